The van der Waals surface area contributed by atoms with Gasteiger partial charge in [-0.3, -0.25) is 0 Å². The monoisotopic (exact) mass is 242 g/mol. The number of likely N-dealkylation sites (N-methyl/N-ethyl adjacent to an activating group) is 1. The van der Waals surface area contributed by atoms with Gasteiger partial charge in [-0.15, -0.1) is 0 Å². The van der Waals surface area contributed by atoms with E-state index in [1.165, 1.54) is 0 Å². The van der Waals surface area contributed by atoms with E-state index in [1.807, 2.05) is 0 Å². The minimum Gasteiger partial charge on any atom is -0.393 e. The second kappa shape index (κ2) is 6.17. The number of nitrogens with zero attached hydrogens (tertiary/aromatic N) is 1. The van der Waals surface area contributed by atoms with Crippen molar-refractivity contribution in [2.24, 2.45) is 11.3 Å². The van der Waals surface area contributed by atoms with Gasteiger partial charge in [0.05, 0.1) is 6.10 Å². The molecule has 0 aromatic rings. The Morgan fingerprint density at radius 3 is 2.53 bits per heavy atom. The maximum Gasteiger partial charge on any atom is 0.0578 e. The molecule has 3 atom stereocenters. The van der Waals surface area contributed by atoms with Crippen molar-refractivity contribution in [1.29, 1.82) is 0 Å². The molecule has 1 saturated heterocycles. The quantitative estimate of drug-likeness (QED) is 0.788. The van der Waals surface area contributed by atoms with Gasteiger partial charge in [-0.2, -0.15) is 0 Å². The number of rotatable bonds is 4. The smallest absolute Gasteiger partial charge is 0.0578 e. The average molecular weight is 242 g/mol. The highest BCUT2D eigenvalue weighted by Gasteiger charge is 2.29. The Balaban J connectivity index is 2.45. The molecule has 1 rings (SSSR count). The van der Waals surface area contributed by atoms with Crippen molar-refractivity contribution in [3.8, 4) is 0 Å². The number of likely N-dealkylation sites (tertiary alicyclic amines) is 1. The first-order valence-corrected chi connectivity index (χ1v) is 6.92. The van der Waals surface area contributed by atoms with Gasteiger partial charge < -0.3 is 15.3 Å². The Morgan fingerprint density at radius 1 is 1.35 bits per heavy atom. The lowest BCUT2D eigenvalue weighted by Gasteiger charge is -2.39. The van der Waals surface area contributed by atoms with Crippen LogP contribution in [0.2, 0.25) is 0 Å². The molecule has 1 fully saturated rings. The van der Waals surface area contributed by atoms with E-state index >= 15 is 0 Å². The Hall–Kier alpha value is -0.120. The summed E-state index contributed by atoms with van der Waals surface area (Å²) >= 11 is 0. The van der Waals surface area contributed by atoms with Crippen LogP contribution in [0, 0.1) is 11.3 Å². The molecule has 1 aliphatic rings. The first kappa shape index (κ1) is 14.9. The van der Waals surface area contributed by atoms with Crippen LogP contribution in [0.5, 0.6) is 0 Å². The van der Waals surface area contributed by atoms with Crippen molar-refractivity contribution in [1.82, 2.24) is 10.2 Å². The third kappa shape index (κ3) is 5.36. The average Bonchev–Trinajstić information content (AvgIpc) is 2.23. The van der Waals surface area contributed by atoms with Gasteiger partial charge in [0.25, 0.3) is 0 Å². The van der Waals surface area contributed by atoms with E-state index in [1.54, 1.807) is 0 Å². The van der Waals surface area contributed by atoms with Crippen LogP contribution in [-0.4, -0.2) is 48.8 Å². The van der Waals surface area contributed by atoms with E-state index < -0.39 is 0 Å². The number of hydrogen-bond acceptors (Lipinski definition) is 3. The molecule has 3 nitrogen and oxygen atoms in total. The molecule has 0 bridgehead atoms. The second-order valence-corrected chi connectivity index (χ2v) is 6.83. The zero-order valence-electron chi connectivity index (χ0n) is 12.2. The van der Waals surface area contributed by atoms with E-state index in [2.05, 4.69) is 45.0 Å². The van der Waals surface area contributed by atoms with Crippen LogP contribution < -0.4 is 5.32 Å². The standard InChI is InChI=1S/C14H30N2O/c1-6-13(17)11-7-12(9-16(5)8-11)15-10-14(2,3)4/h11-13,15,17H,6-10H2,1-5H3. The molecular formula is C14H30N2O. The van der Waals surface area contributed by atoms with Crippen molar-refractivity contribution >= 4 is 0 Å². The number of hydrogen-bond donors (Lipinski definition) is 2. The molecule has 0 saturated carbocycles. The fourth-order valence-electron chi connectivity index (χ4n) is 2.58. The Bertz CT molecular complexity index is 225. The molecule has 17 heavy (non-hydrogen) atoms. The topological polar surface area (TPSA) is 35.5 Å². The van der Waals surface area contributed by atoms with E-state index in [0.29, 0.717) is 17.4 Å². The largest absolute Gasteiger partial charge is 0.393 e. The molecule has 3 unspecified atom stereocenters. The van der Waals surface area contributed by atoms with Gasteiger partial charge in [0.1, 0.15) is 0 Å². The first-order chi connectivity index (χ1) is 7.81. The van der Waals surface area contributed by atoms with E-state index in [9.17, 15) is 5.11 Å². The van der Waals surface area contributed by atoms with Crippen LogP contribution in [0.4, 0.5) is 0 Å². The molecule has 0 aromatic heterocycles. The van der Waals surface area contributed by atoms with Gasteiger partial charge in [-0.25, -0.2) is 0 Å². The van der Waals surface area contributed by atoms with Crippen LogP contribution >= 0.6 is 0 Å². The molecular weight excluding hydrogens is 212 g/mol. The van der Waals surface area contributed by atoms with E-state index in [0.717, 1.165) is 32.5 Å². The molecule has 0 aliphatic carbocycles. The van der Waals surface area contributed by atoms with Crippen LogP contribution in [0.15, 0.2) is 0 Å². The predicted molar refractivity (Wildman–Crippen MR) is 73.1 cm³/mol. The maximum absolute atomic E-state index is 9.99. The lowest BCUT2D eigenvalue weighted by Crippen LogP contribution is -2.51. The number of aliphatic hydroxyl groups is 1. The van der Waals surface area contributed by atoms with Gasteiger partial charge in [0.15, 0.2) is 0 Å². The van der Waals surface area contributed by atoms with Gasteiger partial charge in [-0.05, 0) is 31.2 Å². The number of piperidine rings is 1. The Labute approximate surface area is 107 Å². The molecule has 0 radical (unpaired) electrons. The summed E-state index contributed by atoms with van der Waals surface area (Å²) in [6, 6.07) is 0.527. The maximum atomic E-state index is 9.99. The summed E-state index contributed by atoms with van der Waals surface area (Å²) in [7, 11) is 2.15. The minimum absolute atomic E-state index is 0.142. The molecule has 1 heterocycles. The molecule has 1 aliphatic heterocycles. The minimum atomic E-state index is -0.142. The third-order valence-electron chi connectivity index (χ3n) is 3.55. The van der Waals surface area contributed by atoms with Crippen molar-refractivity contribution < 1.29 is 5.11 Å². The van der Waals surface area contributed by atoms with Gasteiger partial charge in [-0.1, -0.05) is 27.7 Å². The fourth-order valence-corrected chi connectivity index (χ4v) is 2.58. The number of aliphatic hydroxyl groups excluding tert-OH is 1. The summed E-state index contributed by atoms with van der Waals surface area (Å²) in [5, 5.41) is 13.6. The Morgan fingerprint density at radius 2 is 2.00 bits per heavy atom. The summed E-state index contributed by atoms with van der Waals surface area (Å²) in [6.45, 7) is 12.0. The number of nitrogens with one attached hydrogen (secondary N) is 1. The third-order valence-corrected chi connectivity index (χ3v) is 3.55. The summed E-state index contributed by atoms with van der Waals surface area (Å²) in [5.74, 6) is 0.427. The highest BCUT2D eigenvalue weighted by atomic mass is 16.3. The zero-order valence-corrected chi connectivity index (χ0v) is 12.2. The predicted octanol–water partition coefficient (Wildman–Crippen LogP) is 1.71. The molecule has 0 spiro atoms. The summed E-state index contributed by atoms with van der Waals surface area (Å²) in [5.41, 5.74) is 0.328. The van der Waals surface area contributed by atoms with Gasteiger partial charge in [0, 0.05) is 25.7 Å². The Kier molecular flexibility index (Phi) is 5.42. The highest BCUT2D eigenvalue weighted by molar-refractivity contribution is 4.86. The zero-order chi connectivity index (χ0) is 13.1. The van der Waals surface area contributed by atoms with Crippen molar-refractivity contribution in [2.75, 3.05) is 26.7 Å². The SMILES string of the molecule is CCC(O)C1CC(NCC(C)(C)C)CN(C)C1. The van der Waals surface area contributed by atoms with E-state index in [4.69, 9.17) is 0 Å². The molecule has 0 aromatic carbocycles. The fraction of sp³-hybridized carbons (Fsp3) is 1.00. The van der Waals surface area contributed by atoms with Gasteiger partial charge >= 0.3 is 0 Å². The molecule has 2 N–H and O–H groups in total. The molecule has 0 amide bonds. The van der Waals surface area contributed by atoms with Crippen LogP contribution in [0.25, 0.3) is 0 Å². The highest BCUT2D eigenvalue weighted by Crippen LogP contribution is 2.22. The lowest BCUT2D eigenvalue weighted by atomic mass is 9.88. The van der Waals surface area contributed by atoms with Crippen LogP contribution in [-0.2, 0) is 0 Å². The summed E-state index contributed by atoms with van der Waals surface area (Å²) < 4.78 is 0. The van der Waals surface area contributed by atoms with Crippen molar-refractivity contribution in [3.63, 3.8) is 0 Å². The molecule has 3 heteroatoms. The van der Waals surface area contributed by atoms with Crippen molar-refractivity contribution in [2.45, 2.75) is 52.7 Å². The van der Waals surface area contributed by atoms with Crippen molar-refractivity contribution in [3.05, 3.63) is 0 Å². The second-order valence-electron chi connectivity index (χ2n) is 6.83. The van der Waals surface area contributed by atoms with E-state index in [-0.39, 0.29) is 6.10 Å². The molecule has 102 valence electrons. The van der Waals surface area contributed by atoms with Crippen LogP contribution in [0.3, 0.4) is 0 Å². The normalized spacial score (nSPS) is 29.3. The van der Waals surface area contributed by atoms with Gasteiger partial charge in [0.2, 0.25) is 0 Å². The summed E-state index contributed by atoms with van der Waals surface area (Å²) in [6.07, 6.45) is 1.83. The lowest BCUT2D eigenvalue weighted by molar-refractivity contribution is 0.0432. The van der Waals surface area contributed by atoms with Crippen LogP contribution in [0.1, 0.15) is 40.5 Å². The summed E-state index contributed by atoms with van der Waals surface area (Å²) in [4.78, 5) is 2.34. The first-order valence-electron chi connectivity index (χ1n) is 6.92.